The number of amides is 2. The van der Waals surface area contributed by atoms with E-state index in [-0.39, 0.29) is 35.6 Å². The van der Waals surface area contributed by atoms with Crippen LogP contribution in [-0.4, -0.2) is 88.4 Å². The van der Waals surface area contributed by atoms with Crippen molar-refractivity contribution >= 4 is 34.4 Å². The van der Waals surface area contributed by atoms with Crippen LogP contribution in [0.4, 0.5) is 5.82 Å². The predicted octanol–water partition coefficient (Wildman–Crippen LogP) is 2.44. The molecule has 8 rings (SSSR count). The van der Waals surface area contributed by atoms with Gasteiger partial charge in [0.05, 0.1) is 40.7 Å². The monoisotopic (exact) mass is 730 g/mol. The summed E-state index contributed by atoms with van der Waals surface area (Å²) in [4.78, 5) is 59.6. The fourth-order valence-electron chi connectivity index (χ4n) is 8.05. The maximum Gasteiger partial charge on any atom is 0.329 e. The Kier molecular flexibility index (Phi) is 9.54. The molecule has 15 nitrogen and oxygen atoms in total. The molecule has 278 valence electrons. The van der Waals surface area contributed by atoms with E-state index in [1.165, 1.54) is 10.6 Å². The molecule has 5 aromatic rings. The van der Waals surface area contributed by atoms with Gasteiger partial charge in [-0.05, 0) is 68.1 Å². The fourth-order valence-corrected chi connectivity index (χ4v) is 8.05. The molecule has 3 aliphatic heterocycles. The number of piperazine rings is 1. The van der Waals surface area contributed by atoms with Gasteiger partial charge < -0.3 is 20.2 Å². The SMILES string of the molecule is Cn1c(=O)n(C2CCC(=O)NC2=O)c2cccc(CCCNCc3cn(Cc4cccc(N5C[C@H]6C[C@@H]5CN6/C=C/C(=O)c5ccccc5O)n4)nn3)c21. The van der Waals surface area contributed by atoms with E-state index >= 15 is 0 Å². The molecular weight excluding hydrogens is 688 g/mol. The molecule has 3 N–H and O–H groups in total. The highest BCUT2D eigenvalue weighted by molar-refractivity contribution is 6.06. The van der Waals surface area contributed by atoms with Crippen LogP contribution in [0.3, 0.4) is 0 Å². The van der Waals surface area contributed by atoms with Gasteiger partial charge >= 0.3 is 5.69 Å². The molecule has 6 heterocycles. The number of imide groups is 1. The van der Waals surface area contributed by atoms with E-state index in [0.29, 0.717) is 36.6 Å². The van der Waals surface area contributed by atoms with Crippen molar-refractivity contribution in [2.75, 3.05) is 24.5 Å². The quantitative estimate of drug-likeness (QED) is 0.0704. The first kappa shape index (κ1) is 35.0. The Hall–Kier alpha value is -6.09. The van der Waals surface area contributed by atoms with Crippen molar-refractivity contribution in [3.63, 3.8) is 0 Å². The smallest absolute Gasteiger partial charge is 0.329 e. The van der Waals surface area contributed by atoms with E-state index < -0.39 is 11.9 Å². The molecule has 3 aliphatic rings. The largest absolute Gasteiger partial charge is 0.507 e. The average Bonchev–Trinajstić information content (AvgIpc) is 3.95. The zero-order valence-corrected chi connectivity index (χ0v) is 30.0. The zero-order chi connectivity index (χ0) is 37.3. The number of allylic oxidation sites excluding steroid dienone is 1. The number of hydrogen-bond donors (Lipinski definition) is 3. The first-order valence-corrected chi connectivity index (χ1v) is 18.3. The highest BCUT2D eigenvalue weighted by Gasteiger charge is 2.42. The van der Waals surface area contributed by atoms with E-state index in [1.54, 1.807) is 40.6 Å². The number of phenolic OH excluding ortho intramolecular Hbond substituents is 1. The third-order valence-electron chi connectivity index (χ3n) is 10.7. The number of piperidine rings is 1. The van der Waals surface area contributed by atoms with E-state index in [4.69, 9.17) is 4.98 Å². The molecule has 3 aromatic heterocycles. The van der Waals surface area contributed by atoms with E-state index in [0.717, 1.165) is 67.2 Å². The Morgan fingerprint density at radius 1 is 1.02 bits per heavy atom. The molecule has 0 aliphatic carbocycles. The number of fused-ring (bicyclic) bond motifs is 3. The molecule has 3 saturated heterocycles. The molecule has 3 fully saturated rings. The lowest BCUT2D eigenvalue weighted by Gasteiger charge is -2.34. The second-order valence-electron chi connectivity index (χ2n) is 14.2. The summed E-state index contributed by atoms with van der Waals surface area (Å²) in [5.74, 6) is -0.0418. The number of nitrogens with zero attached hydrogens (tertiary/aromatic N) is 8. The number of carbonyl (C=O) groups is 3. The van der Waals surface area contributed by atoms with Crippen LogP contribution in [0.1, 0.15) is 59.0 Å². The Balaban J connectivity index is 0.818. The first-order valence-electron chi connectivity index (χ1n) is 18.3. The van der Waals surface area contributed by atoms with Crippen molar-refractivity contribution in [1.29, 1.82) is 0 Å². The second kappa shape index (κ2) is 14.7. The Bertz CT molecular complexity index is 2330. The Morgan fingerprint density at radius 2 is 1.87 bits per heavy atom. The van der Waals surface area contributed by atoms with Gasteiger partial charge in [0.1, 0.15) is 17.6 Å². The van der Waals surface area contributed by atoms with Gasteiger partial charge in [0.15, 0.2) is 5.78 Å². The van der Waals surface area contributed by atoms with Crippen LogP contribution in [0.15, 0.2) is 83.9 Å². The molecule has 2 aromatic carbocycles. The van der Waals surface area contributed by atoms with Gasteiger partial charge in [-0.15, -0.1) is 5.10 Å². The minimum atomic E-state index is -0.706. The number of benzene rings is 2. The number of aryl methyl sites for hydroxylation is 2. The molecule has 15 heteroatoms. The molecule has 1 unspecified atom stereocenters. The van der Waals surface area contributed by atoms with Crippen molar-refractivity contribution in [2.45, 2.75) is 63.3 Å². The third kappa shape index (κ3) is 6.89. The van der Waals surface area contributed by atoms with Crippen LogP contribution in [0.5, 0.6) is 5.75 Å². The van der Waals surface area contributed by atoms with E-state index in [2.05, 4.69) is 30.7 Å². The van der Waals surface area contributed by atoms with Crippen LogP contribution in [0, 0.1) is 0 Å². The topological polar surface area (TPSA) is 173 Å². The summed E-state index contributed by atoms with van der Waals surface area (Å²) < 4.78 is 4.91. The number of ketones is 1. The first-order chi connectivity index (χ1) is 26.2. The summed E-state index contributed by atoms with van der Waals surface area (Å²) in [5, 5.41) is 24.5. The normalized spacial score (nSPS) is 19.8. The van der Waals surface area contributed by atoms with Crippen molar-refractivity contribution < 1.29 is 19.5 Å². The van der Waals surface area contributed by atoms with Crippen LogP contribution in [-0.2, 0) is 36.1 Å². The Morgan fingerprint density at radius 3 is 2.69 bits per heavy atom. The molecule has 2 bridgehead atoms. The highest BCUT2D eigenvalue weighted by atomic mass is 16.3. The third-order valence-corrected chi connectivity index (χ3v) is 10.7. The number of phenols is 1. The molecular formula is C39H42N10O5. The van der Waals surface area contributed by atoms with Gasteiger partial charge in [-0.2, -0.15) is 0 Å². The van der Waals surface area contributed by atoms with Gasteiger partial charge in [0.25, 0.3) is 0 Å². The number of likely N-dealkylation sites (tertiary alicyclic amines) is 1. The van der Waals surface area contributed by atoms with Crippen LogP contribution in [0.25, 0.3) is 11.0 Å². The zero-order valence-electron chi connectivity index (χ0n) is 30.0. The lowest BCUT2D eigenvalue weighted by molar-refractivity contribution is -0.135. The number of aromatic nitrogens is 6. The van der Waals surface area contributed by atoms with Gasteiger partial charge in [0.2, 0.25) is 11.8 Å². The minimum Gasteiger partial charge on any atom is -0.507 e. The van der Waals surface area contributed by atoms with Crippen molar-refractivity contribution in [3.05, 3.63) is 112 Å². The van der Waals surface area contributed by atoms with Gasteiger partial charge in [-0.1, -0.05) is 35.5 Å². The molecule has 54 heavy (non-hydrogen) atoms. The number of rotatable bonds is 13. The molecule has 3 atom stereocenters. The highest BCUT2D eigenvalue weighted by Crippen LogP contribution is 2.34. The predicted molar refractivity (Wildman–Crippen MR) is 200 cm³/mol. The molecule has 0 spiro atoms. The maximum atomic E-state index is 13.2. The molecule has 2 amide bonds. The number of carbonyl (C=O) groups excluding carboxylic acids is 3. The number of imidazole rings is 1. The minimum absolute atomic E-state index is 0.0114. The molecule has 0 saturated carbocycles. The van der Waals surface area contributed by atoms with Crippen LogP contribution >= 0.6 is 0 Å². The summed E-state index contributed by atoms with van der Waals surface area (Å²) in [6, 6.07) is 18.3. The number of anilines is 1. The number of pyridine rings is 1. The summed E-state index contributed by atoms with van der Waals surface area (Å²) in [6.45, 7) is 3.40. The fraction of sp³-hybridized carbons (Fsp3) is 0.359. The van der Waals surface area contributed by atoms with Crippen LogP contribution in [0.2, 0.25) is 0 Å². The lowest BCUT2D eigenvalue weighted by atomic mass is 10.0. The number of hydrogen-bond acceptors (Lipinski definition) is 11. The van der Waals surface area contributed by atoms with Crippen LogP contribution < -0.4 is 21.2 Å². The number of aromatic hydroxyl groups is 1. The van der Waals surface area contributed by atoms with Crippen molar-refractivity contribution in [1.82, 2.24) is 44.6 Å². The Labute approximate surface area is 310 Å². The summed E-state index contributed by atoms with van der Waals surface area (Å²) in [7, 11) is 1.72. The van der Waals surface area contributed by atoms with Gasteiger partial charge in [-0.25, -0.2) is 14.5 Å². The number of nitrogens with one attached hydrogen (secondary N) is 2. The van der Waals surface area contributed by atoms with Gasteiger partial charge in [0, 0.05) is 57.5 Å². The van der Waals surface area contributed by atoms with E-state index in [9.17, 15) is 24.3 Å². The number of para-hydroxylation sites is 2. The summed E-state index contributed by atoms with van der Waals surface area (Å²) >= 11 is 0. The van der Waals surface area contributed by atoms with Crippen molar-refractivity contribution in [2.24, 2.45) is 7.05 Å². The van der Waals surface area contributed by atoms with Crippen molar-refractivity contribution in [3.8, 4) is 5.75 Å². The standard InChI is InChI=1S/C39H42N10O5/c1-45-37-25(7-4-11-31(37)49(39(45)54)32-14-15-36(52)42-38(32)53)8-6-17-40-20-27-22-47(44-43-27)21-26-9-5-13-35(41-26)48-24-28-19-29(48)23-46(28)18-16-34(51)30-10-2-3-12-33(30)50/h2-5,7,9-13,16,18,22,28-29,32,40,50H,6,8,14-15,17,19-21,23-24H2,1H3,(H,42,52,53)/b18-16+/t28-,29-,32?/m1/s1. The summed E-state index contributed by atoms with van der Waals surface area (Å²) in [6.07, 6.45) is 8.38. The second-order valence-corrected chi connectivity index (χ2v) is 14.2. The summed E-state index contributed by atoms with van der Waals surface area (Å²) in [5.41, 5.74) is 4.27. The average molecular weight is 731 g/mol. The van der Waals surface area contributed by atoms with Gasteiger partial charge in [-0.3, -0.25) is 28.8 Å². The maximum absolute atomic E-state index is 13.2. The van der Waals surface area contributed by atoms with E-state index in [1.807, 2.05) is 48.8 Å². The molecule has 0 radical (unpaired) electrons. The lowest BCUT2D eigenvalue weighted by Crippen LogP contribution is -2.44.